The first-order chi connectivity index (χ1) is 10.5. The molecule has 0 radical (unpaired) electrons. The number of rotatable bonds is 8. The molecule has 2 amide bonds. The SMILES string of the molecule is CCOc1ccc(NC(=O)CCC(=O)NN=C(C)CC)cc1. The van der Waals surface area contributed by atoms with E-state index in [0.717, 1.165) is 17.9 Å². The van der Waals surface area contributed by atoms with Crippen LogP contribution in [0.1, 0.15) is 40.0 Å². The smallest absolute Gasteiger partial charge is 0.240 e. The van der Waals surface area contributed by atoms with E-state index in [2.05, 4.69) is 15.8 Å². The van der Waals surface area contributed by atoms with Gasteiger partial charge in [-0.2, -0.15) is 5.10 Å². The second kappa shape index (κ2) is 9.55. The second-order valence-electron chi connectivity index (χ2n) is 4.74. The van der Waals surface area contributed by atoms with E-state index in [4.69, 9.17) is 4.74 Å². The van der Waals surface area contributed by atoms with Crippen LogP contribution in [0.15, 0.2) is 29.4 Å². The van der Waals surface area contributed by atoms with Crippen molar-refractivity contribution in [1.82, 2.24) is 5.43 Å². The average Bonchev–Trinajstić information content (AvgIpc) is 2.52. The maximum atomic E-state index is 11.8. The fourth-order valence-electron chi connectivity index (χ4n) is 1.54. The van der Waals surface area contributed by atoms with Crippen LogP contribution in [-0.4, -0.2) is 24.1 Å². The van der Waals surface area contributed by atoms with E-state index in [9.17, 15) is 9.59 Å². The number of amides is 2. The predicted octanol–water partition coefficient (Wildman–Crippen LogP) is 2.71. The molecule has 0 fully saturated rings. The zero-order valence-corrected chi connectivity index (χ0v) is 13.3. The summed E-state index contributed by atoms with van der Waals surface area (Å²) in [4.78, 5) is 23.3. The Balaban J connectivity index is 2.35. The lowest BCUT2D eigenvalue weighted by Crippen LogP contribution is -2.21. The van der Waals surface area contributed by atoms with E-state index in [1.165, 1.54) is 0 Å². The summed E-state index contributed by atoms with van der Waals surface area (Å²) in [6.45, 7) is 6.29. The number of nitrogens with one attached hydrogen (secondary N) is 2. The Morgan fingerprint density at radius 3 is 2.32 bits per heavy atom. The molecule has 0 aromatic heterocycles. The Morgan fingerprint density at radius 2 is 1.73 bits per heavy atom. The first kappa shape index (κ1) is 17.7. The van der Waals surface area contributed by atoms with Crippen molar-refractivity contribution in [3.05, 3.63) is 24.3 Å². The van der Waals surface area contributed by atoms with E-state index in [1.807, 2.05) is 20.8 Å². The number of ether oxygens (including phenoxy) is 1. The van der Waals surface area contributed by atoms with Crippen LogP contribution in [0.4, 0.5) is 5.69 Å². The Morgan fingerprint density at radius 1 is 1.09 bits per heavy atom. The molecule has 0 aliphatic carbocycles. The minimum Gasteiger partial charge on any atom is -0.494 e. The monoisotopic (exact) mass is 305 g/mol. The lowest BCUT2D eigenvalue weighted by molar-refractivity contribution is -0.124. The fourth-order valence-corrected chi connectivity index (χ4v) is 1.54. The summed E-state index contributed by atoms with van der Waals surface area (Å²) in [5.74, 6) is 0.272. The summed E-state index contributed by atoms with van der Waals surface area (Å²) in [5.41, 5.74) is 3.94. The fraction of sp³-hybridized carbons (Fsp3) is 0.438. The molecule has 0 unspecified atom stereocenters. The molecule has 6 heteroatoms. The molecule has 0 heterocycles. The highest BCUT2D eigenvalue weighted by Crippen LogP contribution is 2.15. The van der Waals surface area contributed by atoms with E-state index in [1.54, 1.807) is 24.3 Å². The lowest BCUT2D eigenvalue weighted by Gasteiger charge is -2.07. The molecule has 0 saturated carbocycles. The maximum Gasteiger partial charge on any atom is 0.240 e. The van der Waals surface area contributed by atoms with Crippen molar-refractivity contribution < 1.29 is 14.3 Å². The Kier molecular flexibility index (Phi) is 7.67. The van der Waals surface area contributed by atoms with Crippen molar-refractivity contribution in [2.24, 2.45) is 5.10 Å². The van der Waals surface area contributed by atoms with Gasteiger partial charge in [-0.05, 0) is 44.5 Å². The molecule has 1 rings (SSSR count). The van der Waals surface area contributed by atoms with Crippen molar-refractivity contribution in [1.29, 1.82) is 0 Å². The predicted molar refractivity (Wildman–Crippen MR) is 87.0 cm³/mol. The highest BCUT2D eigenvalue weighted by atomic mass is 16.5. The van der Waals surface area contributed by atoms with Crippen LogP contribution in [0.2, 0.25) is 0 Å². The van der Waals surface area contributed by atoms with Gasteiger partial charge in [-0.25, -0.2) is 5.43 Å². The Bertz CT molecular complexity index is 524. The van der Waals surface area contributed by atoms with Crippen LogP contribution >= 0.6 is 0 Å². The number of carbonyl (C=O) groups excluding carboxylic acids is 2. The molecule has 0 bridgehead atoms. The van der Waals surface area contributed by atoms with Gasteiger partial charge in [-0.15, -0.1) is 0 Å². The summed E-state index contributed by atoms with van der Waals surface area (Å²) in [6, 6.07) is 7.10. The molecule has 0 atom stereocenters. The molecule has 1 aromatic rings. The Hall–Kier alpha value is -2.37. The van der Waals surface area contributed by atoms with Crippen LogP contribution in [0.3, 0.4) is 0 Å². The standard InChI is InChI=1S/C16H23N3O3/c1-4-12(3)18-19-16(21)11-10-15(20)17-13-6-8-14(9-7-13)22-5-2/h6-9H,4-5,10-11H2,1-3H3,(H,17,20)(H,19,21). The molecule has 0 aliphatic heterocycles. The second-order valence-corrected chi connectivity index (χ2v) is 4.74. The Labute approximate surface area is 130 Å². The van der Waals surface area contributed by atoms with Crippen molar-refractivity contribution in [2.45, 2.75) is 40.0 Å². The summed E-state index contributed by atoms with van der Waals surface area (Å²) in [5, 5.41) is 6.64. The highest BCUT2D eigenvalue weighted by molar-refractivity contribution is 5.93. The van der Waals surface area contributed by atoms with Crippen LogP contribution < -0.4 is 15.5 Å². The quantitative estimate of drug-likeness (QED) is 0.572. The van der Waals surface area contributed by atoms with Gasteiger partial charge in [0.05, 0.1) is 6.61 Å². The largest absolute Gasteiger partial charge is 0.494 e. The third kappa shape index (κ3) is 6.88. The summed E-state index contributed by atoms with van der Waals surface area (Å²) < 4.78 is 5.32. The van der Waals surface area contributed by atoms with Gasteiger partial charge in [0.2, 0.25) is 11.8 Å². The van der Waals surface area contributed by atoms with E-state index < -0.39 is 0 Å². The van der Waals surface area contributed by atoms with E-state index in [-0.39, 0.29) is 24.7 Å². The lowest BCUT2D eigenvalue weighted by atomic mass is 10.2. The summed E-state index contributed by atoms with van der Waals surface area (Å²) in [6.07, 6.45) is 0.988. The third-order valence-electron chi connectivity index (χ3n) is 2.91. The number of benzene rings is 1. The first-order valence-electron chi connectivity index (χ1n) is 7.39. The summed E-state index contributed by atoms with van der Waals surface area (Å²) in [7, 11) is 0. The number of hydrazone groups is 1. The van der Waals surface area contributed by atoms with Gasteiger partial charge in [0, 0.05) is 24.2 Å². The van der Waals surface area contributed by atoms with Crippen LogP contribution in [0.5, 0.6) is 5.75 Å². The van der Waals surface area contributed by atoms with Crippen molar-refractivity contribution in [2.75, 3.05) is 11.9 Å². The van der Waals surface area contributed by atoms with Gasteiger partial charge < -0.3 is 10.1 Å². The zero-order chi connectivity index (χ0) is 16.4. The first-order valence-corrected chi connectivity index (χ1v) is 7.39. The zero-order valence-electron chi connectivity index (χ0n) is 13.3. The topological polar surface area (TPSA) is 79.8 Å². The maximum absolute atomic E-state index is 11.8. The molecule has 120 valence electrons. The minimum absolute atomic E-state index is 0.101. The molecule has 0 aliphatic rings. The number of anilines is 1. The number of hydrogen-bond acceptors (Lipinski definition) is 4. The number of carbonyl (C=O) groups is 2. The van der Waals surface area contributed by atoms with Crippen LogP contribution in [0, 0.1) is 0 Å². The van der Waals surface area contributed by atoms with Gasteiger partial charge in [-0.3, -0.25) is 9.59 Å². The molecule has 1 aromatic carbocycles. The number of nitrogens with zero attached hydrogens (tertiary/aromatic N) is 1. The molecular weight excluding hydrogens is 282 g/mol. The van der Waals surface area contributed by atoms with Crippen LogP contribution in [-0.2, 0) is 9.59 Å². The average molecular weight is 305 g/mol. The normalized spacial score (nSPS) is 11.0. The molecule has 0 spiro atoms. The molecule has 2 N–H and O–H groups in total. The van der Waals surface area contributed by atoms with Gasteiger partial charge >= 0.3 is 0 Å². The van der Waals surface area contributed by atoms with Gasteiger partial charge in [0.15, 0.2) is 0 Å². The third-order valence-corrected chi connectivity index (χ3v) is 2.91. The van der Waals surface area contributed by atoms with Crippen LogP contribution in [0.25, 0.3) is 0 Å². The van der Waals surface area contributed by atoms with Crippen molar-refractivity contribution in [3.8, 4) is 5.75 Å². The molecule has 22 heavy (non-hydrogen) atoms. The molecular formula is C16H23N3O3. The number of hydrogen-bond donors (Lipinski definition) is 2. The summed E-state index contributed by atoms with van der Waals surface area (Å²) >= 11 is 0. The molecule has 0 saturated heterocycles. The minimum atomic E-state index is -0.269. The van der Waals surface area contributed by atoms with Gasteiger partial charge in [0.25, 0.3) is 0 Å². The van der Waals surface area contributed by atoms with Crippen molar-refractivity contribution in [3.63, 3.8) is 0 Å². The van der Waals surface area contributed by atoms with Gasteiger partial charge in [0.1, 0.15) is 5.75 Å². The van der Waals surface area contributed by atoms with E-state index in [0.29, 0.717) is 12.3 Å². The molecule has 6 nitrogen and oxygen atoms in total. The van der Waals surface area contributed by atoms with Crippen molar-refractivity contribution >= 4 is 23.2 Å². The van der Waals surface area contributed by atoms with E-state index >= 15 is 0 Å². The highest BCUT2D eigenvalue weighted by Gasteiger charge is 2.07. The van der Waals surface area contributed by atoms with Gasteiger partial charge in [-0.1, -0.05) is 6.92 Å².